The second kappa shape index (κ2) is 7.25. The van der Waals surface area contributed by atoms with E-state index in [2.05, 4.69) is 27.0 Å². The minimum Gasteiger partial charge on any atom is -0.314 e. The molecule has 130 valence electrons. The minimum atomic E-state index is 0.0970. The highest BCUT2D eigenvalue weighted by molar-refractivity contribution is 5.80. The van der Waals surface area contributed by atoms with E-state index in [1.54, 1.807) is 0 Å². The van der Waals surface area contributed by atoms with E-state index in [0.717, 1.165) is 62.3 Å². The zero-order valence-electron chi connectivity index (χ0n) is 14.4. The highest BCUT2D eigenvalue weighted by Crippen LogP contribution is 2.17. The number of nitrogens with one attached hydrogen (secondary N) is 1. The fraction of sp³-hybridized carbons (Fsp3) is 0.350. The summed E-state index contributed by atoms with van der Waals surface area (Å²) in [6.07, 6.45) is 0.975. The van der Waals surface area contributed by atoms with E-state index < -0.39 is 0 Å². The summed E-state index contributed by atoms with van der Waals surface area (Å²) in [7, 11) is 0. The summed E-state index contributed by atoms with van der Waals surface area (Å²) < 4.78 is 3.96. The quantitative estimate of drug-likeness (QED) is 0.776. The van der Waals surface area contributed by atoms with Crippen molar-refractivity contribution in [1.82, 2.24) is 19.6 Å². The third-order valence-corrected chi connectivity index (χ3v) is 4.89. The molecule has 1 saturated heterocycles. The topological polar surface area (TPSA) is 42.2 Å². The number of rotatable bonds is 5. The number of aromatic nitrogens is 2. The lowest BCUT2D eigenvalue weighted by molar-refractivity contribution is 0.232. The van der Waals surface area contributed by atoms with Crippen LogP contribution in [0.5, 0.6) is 0 Å². The van der Waals surface area contributed by atoms with Crippen LogP contribution in [0.1, 0.15) is 6.42 Å². The average Bonchev–Trinajstić information content (AvgIpc) is 2.96. The normalized spacial score (nSPS) is 15.7. The van der Waals surface area contributed by atoms with Gasteiger partial charge >= 0.3 is 0 Å². The summed E-state index contributed by atoms with van der Waals surface area (Å²) in [5.41, 5.74) is 2.10. The number of hydrogen-bond acceptors (Lipinski definition) is 3. The average molecular weight is 336 g/mol. The maximum atomic E-state index is 12.9. The molecule has 1 fully saturated rings. The van der Waals surface area contributed by atoms with Crippen LogP contribution in [0.3, 0.4) is 0 Å². The van der Waals surface area contributed by atoms with Crippen LogP contribution < -0.4 is 10.9 Å². The van der Waals surface area contributed by atoms with Crippen LogP contribution in [-0.4, -0.2) is 47.0 Å². The number of nitrogens with zero attached hydrogens (tertiary/aromatic N) is 3. The van der Waals surface area contributed by atoms with Gasteiger partial charge in [-0.3, -0.25) is 9.48 Å². The molecule has 4 rings (SSSR count). The summed E-state index contributed by atoms with van der Waals surface area (Å²) in [5.74, 6) is 0. The number of fused-ring (bicyclic) bond motifs is 1. The maximum absolute atomic E-state index is 12.9. The zero-order valence-corrected chi connectivity index (χ0v) is 14.4. The summed E-state index contributed by atoms with van der Waals surface area (Å²) in [5, 5.41) is 4.16. The lowest BCUT2D eigenvalue weighted by atomic mass is 10.2. The van der Waals surface area contributed by atoms with Crippen molar-refractivity contribution < 1.29 is 0 Å². The molecule has 25 heavy (non-hydrogen) atoms. The van der Waals surface area contributed by atoms with Gasteiger partial charge in [-0.25, -0.2) is 4.68 Å². The van der Waals surface area contributed by atoms with Crippen molar-refractivity contribution in [2.75, 3.05) is 32.7 Å². The third-order valence-electron chi connectivity index (χ3n) is 4.89. The molecular weight excluding hydrogens is 312 g/mol. The van der Waals surface area contributed by atoms with Gasteiger partial charge in [0.15, 0.2) is 0 Å². The largest absolute Gasteiger partial charge is 0.314 e. The Morgan fingerprint density at radius 2 is 1.60 bits per heavy atom. The second-order valence-electron chi connectivity index (χ2n) is 6.54. The highest BCUT2D eigenvalue weighted by atomic mass is 16.1. The van der Waals surface area contributed by atoms with Gasteiger partial charge in [0, 0.05) is 39.3 Å². The van der Waals surface area contributed by atoms with Gasteiger partial charge in [-0.1, -0.05) is 30.3 Å². The molecule has 1 aliphatic heterocycles. The predicted molar refractivity (Wildman–Crippen MR) is 101 cm³/mol. The van der Waals surface area contributed by atoms with E-state index in [1.807, 2.05) is 47.1 Å². The molecule has 0 unspecified atom stereocenters. The molecule has 0 amide bonds. The van der Waals surface area contributed by atoms with E-state index in [9.17, 15) is 4.79 Å². The van der Waals surface area contributed by atoms with Gasteiger partial charge < -0.3 is 10.2 Å². The first-order valence-electron chi connectivity index (χ1n) is 9.03. The molecule has 0 saturated carbocycles. The second-order valence-corrected chi connectivity index (χ2v) is 6.54. The molecule has 0 atom stereocenters. The lowest BCUT2D eigenvalue weighted by Gasteiger charge is -2.27. The Labute approximate surface area is 147 Å². The molecule has 5 nitrogen and oxygen atoms in total. The van der Waals surface area contributed by atoms with E-state index in [0.29, 0.717) is 0 Å². The van der Waals surface area contributed by atoms with Crippen molar-refractivity contribution in [3.63, 3.8) is 0 Å². The zero-order chi connectivity index (χ0) is 17.1. The van der Waals surface area contributed by atoms with Crippen molar-refractivity contribution in [2.24, 2.45) is 0 Å². The van der Waals surface area contributed by atoms with Crippen LogP contribution in [0.2, 0.25) is 0 Å². The van der Waals surface area contributed by atoms with Crippen molar-refractivity contribution in [3.05, 3.63) is 65.0 Å². The van der Waals surface area contributed by atoms with Crippen LogP contribution in [-0.2, 0) is 6.54 Å². The number of benzene rings is 2. The van der Waals surface area contributed by atoms with E-state index >= 15 is 0 Å². The van der Waals surface area contributed by atoms with Gasteiger partial charge in [0.05, 0.1) is 16.6 Å². The van der Waals surface area contributed by atoms with Crippen molar-refractivity contribution in [2.45, 2.75) is 13.0 Å². The smallest absolute Gasteiger partial charge is 0.274 e. The Hall–Kier alpha value is -2.37. The summed E-state index contributed by atoms with van der Waals surface area (Å²) in [4.78, 5) is 15.4. The minimum absolute atomic E-state index is 0.0970. The lowest BCUT2D eigenvalue weighted by Crippen LogP contribution is -2.44. The van der Waals surface area contributed by atoms with E-state index in [4.69, 9.17) is 0 Å². The van der Waals surface area contributed by atoms with E-state index in [1.165, 1.54) is 0 Å². The Kier molecular flexibility index (Phi) is 4.68. The number of piperazine rings is 1. The van der Waals surface area contributed by atoms with Crippen molar-refractivity contribution in [1.29, 1.82) is 0 Å². The molecule has 0 spiro atoms. The van der Waals surface area contributed by atoms with Gasteiger partial charge in [-0.15, -0.1) is 0 Å². The molecule has 5 heteroatoms. The van der Waals surface area contributed by atoms with Gasteiger partial charge in [0.25, 0.3) is 5.56 Å². The molecule has 0 bridgehead atoms. The summed E-state index contributed by atoms with van der Waals surface area (Å²) >= 11 is 0. The Balaban J connectivity index is 1.65. The Morgan fingerprint density at radius 3 is 2.40 bits per heavy atom. The first-order chi connectivity index (χ1) is 12.3. The van der Waals surface area contributed by atoms with Gasteiger partial charge in [0.2, 0.25) is 0 Å². The Morgan fingerprint density at radius 1 is 0.880 bits per heavy atom. The first-order valence-corrected chi connectivity index (χ1v) is 9.03. The molecule has 1 aromatic heterocycles. The molecule has 2 aromatic carbocycles. The van der Waals surface area contributed by atoms with Crippen LogP contribution >= 0.6 is 0 Å². The maximum Gasteiger partial charge on any atom is 0.274 e. The number of para-hydroxylation sites is 2. The van der Waals surface area contributed by atoms with Gasteiger partial charge in [0.1, 0.15) is 0 Å². The monoisotopic (exact) mass is 336 g/mol. The summed E-state index contributed by atoms with van der Waals surface area (Å²) in [6.45, 7) is 6.07. The predicted octanol–water partition coefficient (Wildman–Crippen LogP) is 2.09. The molecule has 1 aliphatic rings. The first kappa shape index (κ1) is 16.1. The van der Waals surface area contributed by atoms with Gasteiger partial charge in [-0.05, 0) is 30.7 Å². The van der Waals surface area contributed by atoms with Crippen LogP contribution in [0, 0.1) is 0 Å². The Bertz CT molecular complexity index is 891. The van der Waals surface area contributed by atoms with Crippen LogP contribution in [0.4, 0.5) is 0 Å². The van der Waals surface area contributed by atoms with E-state index in [-0.39, 0.29) is 5.56 Å². The van der Waals surface area contributed by atoms with Crippen molar-refractivity contribution in [3.8, 4) is 5.69 Å². The van der Waals surface area contributed by atoms with Crippen LogP contribution in [0.25, 0.3) is 16.6 Å². The molecule has 1 N–H and O–H groups in total. The molecule has 3 aromatic rings. The fourth-order valence-electron chi connectivity index (χ4n) is 3.63. The highest BCUT2D eigenvalue weighted by Gasteiger charge is 2.15. The molecule has 2 heterocycles. The van der Waals surface area contributed by atoms with Gasteiger partial charge in [-0.2, -0.15) is 0 Å². The standard InChI is InChI=1S/C20H24N4O/c25-20-18-9-4-5-10-19(18)24(17-7-2-1-3-8-17)23(20)14-6-13-22-15-11-21-12-16-22/h1-5,7-10,21H,6,11-16H2. The fourth-order valence-corrected chi connectivity index (χ4v) is 3.63. The number of hydrogen-bond donors (Lipinski definition) is 1. The molecular formula is C20H24N4O. The van der Waals surface area contributed by atoms with Crippen molar-refractivity contribution >= 4 is 10.9 Å². The third kappa shape index (κ3) is 3.25. The SMILES string of the molecule is O=c1c2ccccc2n(-c2ccccc2)n1CCCN1CCNCC1. The van der Waals surface area contributed by atoms with Crippen LogP contribution in [0.15, 0.2) is 59.4 Å². The molecule has 0 radical (unpaired) electrons. The summed E-state index contributed by atoms with van der Waals surface area (Å²) in [6, 6.07) is 18.0. The molecule has 0 aliphatic carbocycles.